The third-order valence-electron chi connectivity index (χ3n) is 1.74. The average Bonchev–Trinajstić information content (AvgIpc) is 2.20. The molecule has 1 N–H and O–H groups in total. The summed E-state index contributed by atoms with van der Waals surface area (Å²) in [6, 6.07) is 3.78. The van der Waals surface area contributed by atoms with E-state index >= 15 is 0 Å². The predicted molar refractivity (Wildman–Crippen MR) is 63.8 cm³/mol. The lowest BCUT2D eigenvalue weighted by atomic mass is 10.4. The van der Waals surface area contributed by atoms with Gasteiger partial charge in [-0.25, -0.2) is 4.98 Å². The summed E-state index contributed by atoms with van der Waals surface area (Å²) in [5.41, 5.74) is 0. The van der Waals surface area contributed by atoms with Crippen molar-refractivity contribution in [3.63, 3.8) is 0 Å². The van der Waals surface area contributed by atoms with Gasteiger partial charge >= 0.3 is 0 Å². The highest BCUT2D eigenvalue weighted by molar-refractivity contribution is 6.17. The van der Waals surface area contributed by atoms with E-state index in [4.69, 9.17) is 16.3 Å². The molecule has 3 nitrogen and oxygen atoms in total. The highest BCUT2D eigenvalue weighted by atomic mass is 35.5. The Kier molecular flexibility index (Phi) is 5.26. The third-order valence-corrected chi connectivity index (χ3v) is 2.00. The molecule has 0 saturated heterocycles. The first-order valence-corrected chi connectivity index (χ1v) is 5.69. The number of nitrogens with zero attached hydrogens (tertiary/aromatic N) is 1. The van der Waals surface area contributed by atoms with Crippen LogP contribution in [0.2, 0.25) is 0 Å². The molecule has 0 unspecified atom stereocenters. The van der Waals surface area contributed by atoms with Gasteiger partial charge in [0.15, 0.2) is 11.6 Å². The second-order valence-electron chi connectivity index (χ2n) is 3.49. The van der Waals surface area contributed by atoms with E-state index in [0.29, 0.717) is 5.88 Å². The van der Waals surface area contributed by atoms with Crippen LogP contribution in [0.5, 0.6) is 5.75 Å². The summed E-state index contributed by atoms with van der Waals surface area (Å²) in [4.78, 5) is 4.22. The number of anilines is 1. The highest BCUT2D eigenvalue weighted by Gasteiger charge is 2.04. The molecule has 84 valence electrons. The molecule has 0 bridgehead atoms. The van der Waals surface area contributed by atoms with E-state index in [0.717, 1.165) is 24.5 Å². The Morgan fingerprint density at radius 1 is 1.53 bits per heavy atom. The van der Waals surface area contributed by atoms with Gasteiger partial charge in [-0.1, -0.05) is 0 Å². The van der Waals surface area contributed by atoms with E-state index in [-0.39, 0.29) is 6.10 Å². The van der Waals surface area contributed by atoms with E-state index in [2.05, 4.69) is 10.3 Å². The second kappa shape index (κ2) is 6.51. The molecule has 0 saturated carbocycles. The van der Waals surface area contributed by atoms with Crippen LogP contribution in [0.15, 0.2) is 18.3 Å². The van der Waals surface area contributed by atoms with Gasteiger partial charge in [-0.15, -0.1) is 11.6 Å². The molecule has 1 rings (SSSR count). The third kappa shape index (κ3) is 4.38. The van der Waals surface area contributed by atoms with Gasteiger partial charge in [0.2, 0.25) is 0 Å². The van der Waals surface area contributed by atoms with Crippen molar-refractivity contribution in [2.75, 3.05) is 17.7 Å². The van der Waals surface area contributed by atoms with Gasteiger partial charge in [-0.2, -0.15) is 0 Å². The van der Waals surface area contributed by atoms with Crippen molar-refractivity contribution in [3.8, 4) is 5.75 Å². The Morgan fingerprint density at radius 2 is 2.33 bits per heavy atom. The molecule has 0 aliphatic heterocycles. The fraction of sp³-hybridized carbons (Fsp3) is 0.545. The van der Waals surface area contributed by atoms with Crippen LogP contribution in [0, 0.1) is 0 Å². The summed E-state index contributed by atoms with van der Waals surface area (Å²) in [6.07, 6.45) is 2.82. The van der Waals surface area contributed by atoms with Gasteiger partial charge in [-0.05, 0) is 32.4 Å². The van der Waals surface area contributed by atoms with Crippen molar-refractivity contribution in [3.05, 3.63) is 18.3 Å². The van der Waals surface area contributed by atoms with Crippen LogP contribution in [0.3, 0.4) is 0 Å². The number of aromatic nitrogens is 1. The van der Waals surface area contributed by atoms with Crippen molar-refractivity contribution in [1.82, 2.24) is 4.98 Å². The van der Waals surface area contributed by atoms with Crippen molar-refractivity contribution in [1.29, 1.82) is 0 Å². The Labute approximate surface area is 95.8 Å². The maximum absolute atomic E-state index is 5.62. The molecule has 0 aliphatic carbocycles. The fourth-order valence-corrected chi connectivity index (χ4v) is 1.28. The molecule has 0 aliphatic rings. The SMILES string of the molecule is CC(C)Oc1cccnc1NCCCCl. The largest absolute Gasteiger partial charge is 0.487 e. The van der Waals surface area contributed by atoms with Crippen LogP contribution in [-0.2, 0) is 0 Å². The van der Waals surface area contributed by atoms with Crippen LogP contribution in [0.4, 0.5) is 5.82 Å². The molecule has 4 heteroatoms. The molecule has 0 amide bonds. The number of hydrogen-bond acceptors (Lipinski definition) is 3. The van der Waals surface area contributed by atoms with E-state index in [1.807, 2.05) is 26.0 Å². The van der Waals surface area contributed by atoms with Crippen molar-refractivity contribution in [2.45, 2.75) is 26.4 Å². The summed E-state index contributed by atoms with van der Waals surface area (Å²) in [5, 5.41) is 3.20. The fourth-order valence-electron chi connectivity index (χ4n) is 1.15. The first kappa shape index (κ1) is 12.1. The zero-order chi connectivity index (χ0) is 11.1. The lowest BCUT2D eigenvalue weighted by molar-refractivity contribution is 0.243. The summed E-state index contributed by atoms with van der Waals surface area (Å²) in [7, 11) is 0. The summed E-state index contributed by atoms with van der Waals surface area (Å²) >= 11 is 5.60. The molecule has 0 fully saturated rings. The lowest BCUT2D eigenvalue weighted by Crippen LogP contribution is -2.10. The Hall–Kier alpha value is -0.960. The molecule has 0 aromatic carbocycles. The monoisotopic (exact) mass is 228 g/mol. The quantitative estimate of drug-likeness (QED) is 0.601. The predicted octanol–water partition coefficient (Wildman–Crippen LogP) is 2.91. The second-order valence-corrected chi connectivity index (χ2v) is 3.86. The minimum atomic E-state index is 0.155. The normalized spacial score (nSPS) is 10.4. The van der Waals surface area contributed by atoms with Crippen molar-refractivity contribution < 1.29 is 4.74 Å². The Bertz CT molecular complexity index is 292. The maximum Gasteiger partial charge on any atom is 0.168 e. The zero-order valence-electron chi connectivity index (χ0n) is 9.16. The van der Waals surface area contributed by atoms with E-state index in [9.17, 15) is 0 Å². The molecule has 15 heavy (non-hydrogen) atoms. The lowest BCUT2D eigenvalue weighted by Gasteiger charge is -2.13. The zero-order valence-corrected chi connectivity index (χ0v) is 9.92. The van der Waals surface area contributed by atoms with Crippen molar-refractivity contribution in [2.24, 2.45) is 0 Å². The van der Waals surface area contributed by atoms with Gasteiger partial charge in [0.1, 0.15) is 0 Å². The molecular weight excluding hydrogens is 212 g/mol. The van der Waals surface area contributed by atoms with Gasteiger partial charge < -0.3 is 10.1 Å². The van der Waals surface area contributed by atoms with E-state index < -0.39 is 0 Å². The van der Waals surface area contributed by atoms with Gasteiger partial charge in [0.05, 0.1) is 6.10 Å². The highest BCUT2D eigenvalue weighted by Crippen LogP contribution is 2.21. The standard InChI is InChI=1S/C11H17ClN2O/c1-9(2)15-10-5-3-7-13-11(10)14-8-4-6-12/h3,5,7,9H,4,6,8H2,1-2H3,(H,13,14). The molecule has 0 spiro atoms. The topological polar surface area (TPSA) is 34.1 Å². The van der Waals surface area contributed by atoms with Crippen LogP contribution in [-0.4, -0.2) is 23.5 Å². The van der Waals surface area contributed by atoms with Crippen LogP contribution >= 0.6 is 11.6 Å². The number of alkyl halides is 1. The summed E-state index contributed by atoms with van der Waals surface area (Å²) in [5.74, 6) is 2.23. The number of halogens is 1. The molecule has 0 radical (unpaired) electrons. The minimum Gasteiger partial charge on any atom is -0.487 e. The van der Waals surface area contributed by atoms with Gasteiger partial charge in [-0.3, -0.25) is 0 Å². The molecule has 1 aromatic heterocycles. The first-order chi connectivity index (χ1) is 7.24. The van der Waals surface area contributed by atoms with E-state index in [1.54, 1.807) is 6.20 Å². The number of hydrogen-bond donors (Lipinski definition) is 1. The molecule has 0 atom stereocenters. The smallest absolute Gasteiger partial charge is 0.168 e. The summed E-state index contributed by atoms with van der Waals surface area (Å²) in [6.45, 7) is 4.81. The average molecular weight is 229 g/mol. The number of ether oxygens (including phenoxy) is 1. The van der Waals surface area contributed by atoms with Crippen LogP contribution in [0.25, 0.3) is 0 Å². The Morgan fingerprint density at radius 3 is 3.00 bits per heavy atom. The first-order valence-electron chi connectivity index (χ1n) is 5.15. The minimum absolute atomic E-state index is 0.155. The molecule has 1 heterocycles. The number of nitrogens with one attached hydrogen (secondary N) is 1. The Balaban J connectivity index is 2.60. The maximum atomic E-state index is 5.62. The van der Waals surface area contributed by atoms with E-state index in [1.165, 1.54) is 0 Å². The van der Waals surface area contributed by atoms with Gasteiger partial charge in [0, 0.05) is 18.6 Å². The number of pyridine rings is 1. The summed E-state index contributed by atoms with van der Waals surface area (Å²) < 4.78 is 5.62. The number of rotatable bonds is 6. The van der Waals surface area contributed by atoms with Gasteiger partial charge in [0.25, 0.3) is 0 Å². The van der Waals surface area contributed by atoms with Crippen molar-refractivity contribution >= 4 is 17.4 Å². The van der Waals surface area contributed by atoms with Crippen LogP contribution < -0.4 is 10.1 Å². The molecule has 1 aromatic rings. The molecular formula is C11H17ClN2O. The van der Waals surface area contributed by atoms with Crippen LogP contribution in [0.1, 0.15) is 20.3 Å².